The maximum absolute atomic E-state index is 13.5. The first-order chi connectivity index (χ1) is 15.8. The monoisotopic (exact) mass is 473 g/mol. The van der Waals surface area contributed by atoms with Crippen molar-refractivity contribution in [2.24, 2.45) is 10.3 Å². The Morgan fingerprint density at radius 2 is 1.88 bits per heavy atom. The first-order valence-electron chi connectivity index (χ1n) is 9.87. The molecule has 0 saturated carbocycles. The summed E-state index contributed by atoms with van der Waals surface area (Å²) in [5.74, 6) is -2.97. The van der Waals surface area contributed by atoms with Gasteiger partial charge in [-0.15, -0.1) is 0 Å². The zero-order chi connectivity index (χ0) is 23.7. The van der Waals surface area contributed by atoms with Gasteiger partial charge in [0.1, 0.15) is 12.4 Å². The fourth-order valence-electron chi connectivity index (χ4n) is 3.48. The average molecular weight is 474 g/mol. The highest BCUT2D eigenvalue weighted by Crippen LogP contribution is 2.33. The van der Waals surface area contributed by atoms with E-state index >= 15 is 0 Å². The van der Waals surface area contributed by atoms with Crippen LogP contribution in [0.2, 0.25) is 5.02 Å². The third kappa shape index (κ3) is 4.27. The van der Waals surface area contributed by atoms with E-state index in [9.17, 15) is 23.6 Å². The average Bonchev–Trinajstić information content (AvgIpc) is 3.30. The van der Waals surface area contributed by atoms with Crippen LogP contribution in [0.5, 0.6) is 0 Å². The van der Waals surface area contributed by atoms with Gasteiger partial charge >= 0.3 is 5.97 Å². The molecule has 0 spiro atoms. The Morgan fingerprint density at radius 3 is 2.55 bits per heavy atom. The lowest BCUT2D eigenvalue weighted by Crippen LogP contribution is -2.43. The van der Waals surface area contributed by atoms with Crippen LogP contribution in [0.4, 0.5) is 15.8 Å². The van der Waals surface area contributed by atoms with Gasteiger partial charge in [0.2, 0.25) is 5.91 Å². The minimum absolute atomic E-state index is 0.104. The van der Waals surface area contributed by atoms with Gasteiger partial charge in [0.15, 0.2) is 12.1 Å². The standard InChI is InChI=1S/C21H17ClFN5O5/c1-2-33-21(32)11-3-5-12(6-4-11)24-16(29)10-27-18-17(25-26-27)19(30)28(20(18)31)13-7-8-15(23)14(22)9-13/h3-9,17-18H,2,10H2,1H3,(H,24,29). The van der Waals surface area contributed by atoms with Crippen LogP contribution < -0.4 is 10.2 Å². The maximum Gasteiger partial charge on any atom is 0.338 e. The number of carbonyl (C=O) groups excluding carboxylic acids is 4. The molecule has 1 fully saturated rings. The van der Waals surface area contributed by atoms with Crippen molar-refractivity contribution >= 4 is 46.7 Å². The molecule has 0 bridgehead atoms. The van der Waals surface area contributed by atoms with Gasteiger partial charge in [0, 0.05) is 5.69 Å². The van der Waals surface area contributed by atoms with Crippen molar-refractivity contribution in [3.05, 3.63) is 58.9 Å². The Morgan fingerprint density at radius 1 is 1.15 bits per heavy atom. The third-order valence-electron chi connectivity index (χ3n) is 5.00. The number of rotatable bonds is 6. The molecule has 10 nitrogen and oxygen atoms in total. The zero-order valence-electron chi connectivity index (χ0n) is 17.2. The molecule has 2 unspecified atom stereocenters. The number of fused-ring (bicyclic) bond motifs is 1. The molecule has 2 aromatic carbocycles. The number of anilines is 2. The molecule has 12 heteroatoms. The Bertz CT molecular complexity index is 1170. The van der Waals surface area contributed by atoms with Gasteiger partial charge in [0.05, 0.1) is 22.9 Å². The third-order valence-corrected chi connectivity index (χ3v) is 5.29. The van der Waals surface area contributed by atoms with Crippen molar-refractivity contribution in [3.8, 4) is 0 Å². The molecule has 1 saturated heterocycles. The van der Waals surface area contributed by atoms with Gasteiger partial charge in [-0.25, -0.2) is 14.1 Å². The SMILES string of the molecule is CCOC(=O)c1ccc(NC(=O)CN2N=NC3C(=O)N(c4ccc(F)c(Cl)c4)C(=O)C32)cc1. The van der Waals surface area contributed by atoms with E-state index in [0.717, 1.165) is 16.0 Å². The van der Waals surface area contributed by atoms with Crippen molar-refractivity contribution in [2.75, 3.05) is 23.4 Å². The quantitative estimate of drug-likeness (QED) is 0.508. The summed E-state index contributed by atoms with van der Waals surface area (Å²) in [7, 11) is 0. The lowest BCUT2D eigenvalue weighted by Gasteiger charge is -2.20. The Balaban J connectivity index is 1.42. The van der Waals surface area contributed by atoms with Gasteiger partial charge in [0.25, 0.3) is 11.8 Å². The fraction of sp³-hybridized carbons (Fsp3) is 0.238. The maximum atomic E-state index is 13.5. The van der Waals surface area contributed by atoms with Crippen LogP contribution in [-0.4, -0.2) is 53.9 Å². The van der Waals surface area contributed by atoms with E-state index in [2.05, 4.69) is 15.7 Å². The van der Waals surface area contributed by atoms with Gasteiger partial charge < -0.3 is 10.1 Å². The minimum Gasteiger partial charge on any atom is -0.462 e. The first-order valence-corrected chi connectivity index (χ1v) is 10.2. The normalized spacial score (nSPS) is 19.1. The predicted molar refractivity (Wildman–Crippen MR) is 114 cm³/mol. The summed E-state index contributed by atoms with van der Waals surface area (Å²) in [6.45, 7) is 1.60. The van der Waals surface area contributed by atoms with Crippen LogP contribution in [-0.2, 0) is 19.1 Å². The van der Waals surface area contributed by atoms with E-state index in [1.165, 1.54) is 36.4 Å². The largest absolute Gasteiger partial charge is 0.462 e. The topological polar surface area (TPSA) is 121 Å². The number of hydrogen-bond donors (Lipinski definition) is 1. The molecule has 1 N–H and O–H groups in total. The number of esters is 1. The summed E-state index contributed by atoms with van der Waals surface area (Å²) in [5.41, 5.74) is 0.853. The summed E-state index contributed by atoms with van der Waals surface area (Å²) >= 11 is 5.77. The molecule has 33 heavy (non-hydrogen) atoms. The molecule has 4 rings (SSSR count). The first kappa shape index (κ1) is 22.3. The summed E-state index contributed by atoms with van der Waals surface area (Å²) < 4.78 is 18.4. The predicted octanol–water partition coefficient (Wildman–Crippen LogP) is 2.59. The van der Waals surface area contributed by atoms with E-state index in [4.69, 9.17) is 16.3 Å². The van der Waals surface area contributed by atoms with Crippen molar-refractivity contribution in [2.45, 2.75) is 19.0 Å². The Hall–Kier alpha value is -3.86. The number of hydrogen-bond acceptors (Lipinski definition) is 8. The zero-order valence-corrected chi connectivity index (χ0v) is 18.0. The molecule has 3 amide bonds. The van der Waals surface area contributed by atoms with Gasteiger partial charge in [-0.1, -0.05) is 16.8 Å². The molecule has 2 aromatic rings. The van der Waals surface area contributed by atoms with E-state index in [-0.39, 0.29) is 23.9 Å². The van der Waals surface area contributed by atoms with Crippen LogP contribution in [0.1, 0.15) is 17.3 Å². The van der Waals surface area contributed by atoms with Gasteiger partial charge in [-0.05, 0) is 49.4 Å². The molecule has 2 aliphatic rings. The number of nitrogens with one attached hydrogen (secondary N) is 1. The molecular formula is C21H17ClFN5O5. The second kappa shape index (κ2) is 8.94. The Labute approximate surface area is 191 Å². The Kier molecular flexibility index (Phi) is 6.05. The fourth-order valence-corrected chi connectivity index (χ4v) is 3.66. The highest BCUT2D eigenvalue weighted by atomic mass is 35.5. The summed E-state index contributed by atoms with van der Waals surface area (Å²) in [6.07, 6.45) is 0. The van der Waals surface area contributed by atoms with Crippen molar-refractivity contribution in [1.29, 1.82) is 0 Å². The van der Waals surface area contributed by atoms with Crippen LogP contribution >= 0.6 is 11.6 Å². The lowest BCUT2D eigenvalue weighted by molar-refractivity contribution is -0.123. The second-order valence-corrected chi connectivity index (χ2v) is 7.56. The summed E-state index contributed by atoms with van der Waals surface area (Å²) in [6, 6.07) is 7.33. The van der Waals surface area contributed by atoms with Crippen LogP contribution in [0.15, 0.2) is 52.8 Å². The molecule has 0 aromatic heterocycles. The van der Waals surface area contributed by atoms with Gasteiger partial charge in [-0.3, -0.25) is 19.4 Å². The summed E-state index contributed by atoms with van der Waals surface area (Å²) in [4.78, 5) is 50.7. The van der Waals surface area contributed by atoms with Crippen LogP contribution in [0.25, 0.3) is 0 Å². The van der Waals surface area contributed by atoms with Crippen LogP contribution in [0, 0.1) is 5.82 Å². The lowest BCUT2D eigenvalue weighted by atomic mass is 10.1. The molecular weight excluding hydrogens is 457 g/mol. The molecule has 2 heterocycles. The van der Waals surface area contributed by atoms with Crippen molar-refractivity contribution < 1.29 is 28.3 Å². The summed E-state index contributed by atoms with van der Waals surface area (Å²) in [5, 5.41) is 11.1. The number of ether oxygens (including phenoxy) is 1. The van der Waals surface area contributed by atoms with Crippen molar-refractivity contribution in [3.63, 3.8) is 0 Å². The molecule has 2 atom stereocenters. The number of benzene rings is 2. The molecule has 170 valence electrons. The van der Waals surface area contributed by atoms with E-state index in [1.807, 2.05) is 0 Å². The number of amides is 3. The van der Waals surface area contributed by atoms with E-state index in [1.54, 1.807) is 6.92 Å². The second-order valence-electron chi connectivity index (χ2n) is 7.15. The van der Waals surface area contributed by atoms with E-state index in [0.29, 0.717) is 11.3 Å². The number of imide groups is 1. The number of carbonyl (C=O) groups is 4. The highest BCUT2D eigenvalue weighted by Gasteiger charge is 2.55. The highest BCUT2D eigenvalue weighted by molar-refractivity contribution is 6.32. The molecule has 2 aliphatic heterocycles. The van der Waals surface area contributed by atoms with Crippen LogP contribution in [0.3, 0.4) is 0 Å². The smallest absolute Gasteiger partial charge is 0.338 e. The number of nitrogens with zero attached hydrogens (tertiary/aromatic N) is 4. The van der Waals surface area contributed by atoms with E-state index < -0.39 is 41.6 Å². The van der Waals surface area contributed by atoms with Crippen molar-refractivity contribution in [1.82, 2.24) is 5.01 Å². The number of halogens is 2. The molecule has 0 aliphatic carbocycles. The molecule has 0 radical (unpaired) electrons. The minimum atomic E-state index is -1.11. The van der Waals surface area contributed by atoms with Gasteiger partial charge in [-0.2, -0.15) is 5.11 Å².